The Hall–Kier alpha value is -0.960. The van der Waals surface area contributed by atoms with E-state index in [9.17, 15) is 8.42 Å². The Bertz CT molecular complexity index is 953. The molecule has 0 N–H and O–H groups in total. The Morgan fingerprint density at radius 3 is 2.76 bits per heavy atom. The first-order valence-electron chi connectivity index (χ1n) is 6.15. The average molecular weight is 403 g/mol. The number of rotatable bonds is 3. The predicted molar refractivity (Wildman–Crippen MR) is 90.3 cm³/mol. The molecule has 3 rings (SSSR count). The highest BCUT2D eigenvalue weighted by atomic mass is 79.9. The van der Waals surface area contributed by atoms with Crippen LogP contribution in [0.15, 0.2) is 48.8 Å². The minimum atomic E-state index is -3.65. The number of sulfonamides is 1. The van der Waals surface area contributed by atoms with Gasteiger partial charge in [0, 0.05) is 11.0 Å². The summed E-state index contributed by atoms with van der Waals surface area (Å²) in [5.74, 6) is 0. The molecule has 8 heteroatoms. The molecule has 0 bridgehead atoms. The van der Waals surface area contributed by atoms with Gasteiger partial charge in [0.25, 0.3) is 10.0 Å². The van der Waals surface area contributed by atoms with E-state index in [1.54, 1.807) is 17.5 Å². The Morgan fingerprint density at radius 1 is 1.29 bits per heavy atom. The molecule has 110 valence electrons. The molecule has 3 aromatic rings. The van der Waals surface area contributed by atoms with E-state index in [1.165, 1.54) is 22.7 Å². The third-order valence-electron chi connectivity index (χ3n) is 2.92. The molecule has 0 aliphatic rings. The zero-order valence-electron chi connectivity index (χ0n) is 11.0. The molecule has 0 spiro atoms. The van der Waals surface area contributed by atoms with Gasteiger partial charge in [0.05, 0.1) is 10.2 Å². The second kappa shape index (κ2) is 5.68. The van der Waals surface area contributed by atoms with Crippen molar-refractivity contribution >= 4 is 58.8 Å². The van der Waals surface area contributed by atoms with Crippen molar-refractivity contribution in [3.63, 3.8) is 0 Å². The first-order valence-corrected chi connectivity index (χ1v) is 10.1. The van der Waals surface area contributed by atoms with Crippen molar-refractivity contribution in [3.05, 3.63) is 45.0 Å². The third-order valence-corrected chi connectivity index (χ3v) is 7.35. The summed E-state index contributed by atoms with van der Waals surface area (Å²) < 4.78 is 32.8. The van der Waals surface area contributed by atoms with Gasteiger partial charge in [0.1, 0.15) is 4.21 Å². The van der Waals surface area contributed by atoms with Crippen LogP contribution in [0, 0.1) is 0 Å². The van der Waals surface area contributed by atoms with E-state index in [0.29, 0.717) is 11.3 Å². The lowest BCUT2D eigenvalue weighted by molar-refractivity contribution is 0.597. The van der Waals surface area contributed by atoms with Crippen molar-refractivity contribution in [2.45, 2.75) is 17.7 Å². The Morgan fingerprint density at radius 2 is 2.10 bits per heavy atom. The van der Waals surface area contributed by atoms with Crippen molar-refractivity contribution in [1.82, 2.24) is 4.57 Å². The van der Waals surface area contributed by atoms with E-state index >= 15 is 0 Å². The number of fused-ring (bicyclic) bond motifs is 1. The fraction of sp³-hybridized carbons (Fsp3) is 0.154. The van der Waals surface area contributed by atoms with E-state index < -0.39 is 10.0 Å². The number of hydrogen-bond donors (Lipinski definition) is 0. The van der Waals surface area contributed by atoms with Gasteiger partial charge < -0.3 is 4.57 Å². The Kier molecular flexibility index (Phi) is 4.04. The van der Waals surface area contributed by atoms with Crippen LogP contribution in [0.4, 0.5) is 0 Å². The SMILES string of the molecule is CCn1/c(=N/S(=O)(=O)c2cccs2)sc2cccc(Br)c21. The predicted octanol–water partition coefficient (Wildman–Crippen LogP) is 3.84. The molecule has 4 nitrogen and oxygen atoms in total. The zero-order chi connectivity index (χ0) is 15.0. The summed E-state index contributed by atoms with van der Waals surface area (Å²) >= 11 is 6.07. The zero-order valence-corrected chi connectivity index (χ0v) is 15.0. The number of aryl methyl sites for hydroxylation is 1. The molecule has 21 heavy (non-hydrogen) atoms. The van der Waals surface area contributed by atoms with Crippen molar-refractivity contribution in [2.24, 2.45) is 4.40 Å². The topological polar surface area (TPSA) is 51.4 Å². The van der Waals surface area contributed by atoms with Crippen molar-refractivity contribution in [3.8, 4) is 0 Å². The highest BCUT2D eigenvalue weighted by Crippen LogP contribution is 2.26. The second-order valence-corrected chi connectivity index (χ2v) is 8.86. The van der Waals surface area contributed by atoms with Gasteiger partial charge in [-0.2, -0.15) is 8.42 Å². The Labute approximate surface area is 138 Å². The van der Waals surface area contributed by atoms with Gasteiger partial charge in [0.2, 0.25) is 4.80 Å². The lowest BCUT2D eigenvalue weighted by Crippen LogP contribution is -2.16. The van der Waals surface area contributed by atoms with E-state index in [2.05, 4.69) is 20.3 Å². The molecule has 0 saturated heterocycles. The van der Waals surface area contributed by atoms with Crippen LogP contribution in [-0.4, -0.2) is 13.0 Å². The number of thiazole rings is 1. The second-order valence-electron chi connectivity index (χ2n) is 4.21. The van der Waals surface area contributed by atoms with Crippen LogP contribution in [0.5, 0.6) is 0 Å². The standard InChI is InChI=1S/C13H11BrN2O2S3/c1-2-16-12-9(14)5-3-6-10(12)20-13(16)15-21(17,18)11-7-4-8-19-11/h3-8H,2H2,1H3/b15-13-. The van der Waals surface area contributed by atoms with E-state index in [1.807, 2.05) is 29.7 Å². The van der Waals surface area contributed by atoms with Crippen LogP contribution in [0.25, 0.3) is 10.2 Å². The summed E-state index contributed by atoms with van der Waals surface area (Å²) in [7, 11) is -3.65. The molecule has 0 atom stereocenters. The third kappa shape index (κ3) is 2.73. The minimum Gasteiger partial charge on any atom is -0.315 e. The maximum absolute atomic E-state index is 12.3. The van der Waals surface area contributed by atoms with Crippen LogP contribution in [0.3, 0.4) is 0 Å². The molecule has 0 fully saturated rings. The summed E-state index contributed by atoms with van der Waals surface area (Å²) in [5, 5.41) is 1.73. The smallest absolute Gasteiger partial charge is 0.294 e. The maximum Gasteiger partial charge on any atom is 0.294 e. The molecule has 0 aliphatic heterocycles. The highest BCUT2D eigenvalue weighted by Gasteiger charge is 2.15. The van der Waals surface area contributed by atoms with Crippen LogP contribution in [-0.2, 0) is 16.6 Å². The number of halogens is 1. The molecule has 2 heterocycles. The highest BCUT2D eigenvalue weighted by molar-refractivity contribution is 9.10. The van der Waals surface area contributed by atoms with Gasteiger partial charge in [-0.25, -0.2) is 0 Å². The van der Waals surface area contributed by atoms with Gasteiger partial charge >= 0.3 is 0 Å². The molecule has 0 amide bonds. The van der Waals surface area contributed by atoms with Gasteiger partial charge in [-0.3, -0.25) is 0 Å². The number of benzene rings is 1. The normalized spacial score (nSPS) is 13.1. The summed E-state index contributed by atoms with van der Waals surface area (Å²) in [6.45, 7) is 2.63. The largest absolute Gasteiger partial charge is 0.315 e. The molecule has 0 radical (unpaired) electrons. The van der Waals surface area contributed by atoms with Gasteiger partial charge in [-0.05, 0) is 46.4 Å². The molecule has 0 unspecified atom stereocenters. The van der Waals surface area contributed by atoms with Crippen LogP contribution in [0.1, 0.15) is 6.92 Å². The molecule has 1 aromatic carbocycles. The van der Waals surface area contributed by atoms with E-state index in [-0.39, 0.29) is 4.21 Å². The molecular weight excluding hydrogens is 392 g/mol. The monoisotopic (exact) mass is 402 g/mol. The minimum absolute atomic E-state index is 0.265. The van der Waals surface area contributed by atoms with Crippen LogP contribution >= 0.6 is 38.6 Å². The fourth-order valence-electron chi connectivity index (χ4n) is 2.01. The summed E-state index contributed by atoms with van der Waals surface area (Å²) in [4.78, 5) is 0.493. The first-order chi connectivity index (χ1) is 10.0. The number of aromatic nitrogens is 1. The van der Waals surface area contributed by atoms with Gasteiger partial charge in [-0.1, -0.05) is 23.5 Å². The lowest BCUT2D eigenvalue weighted by atomic mass is 10.3. The van der Waals surface area contributed by atoms with Crippen molar-refractivity contribution in [2.75, 3.05) is 0 Å². The van der Waals surface area contributed by atoms with E-state index in [4.69, 9.17) is 0 Å². The number of para-hydroxylation sites is 1. The molecule has 0 saturated carbocycles. The molecular formula is C13H11BrN2O2S3. The van der Waals surface area contributed by atoms with E-state index in [0.717, 1.165) is 14.7 Å². The Balaban J connectivity index is 2.31. The summed E-state index contributed by atoms with van der Waals surface area (Å²) in [5.41, 5.74) is 0.977. The number of thiophene rings is 1. The average Bonchev–Trinajstić information content (AvgIpc) is 3.05. The number of hydrogen-bond acceptors (Lipinski definition) is 4. The lowest BCUT2D eigenvalue weighted by Gasteiger charge is -2.02. The quantitative estimate of drug-likeness (QED) is 0.667. The first kappa shape index (κ1) is 15.0. The fourth-order valence-corrected chi connectivity index (χ4v) is 6.01. The van der Waals surface area contributed by atoms with Crippen LogP contribution < -0.4 is 4.80 Å². The number of nitrogens with zero attached hydrogens (tertiary/aromatic N) is 2. The maximum atomic E-state index is 12.3. The van der Waals surface area contributed by atoms with Gasteiger partial charge in [0.15, 0.2) is 0 Å². The summed E-state index contributed by atoms with van der Waals surface area (Å²) in [6, 6.07) is 9.12. The van der Waals surface area contributed by atoms with Crippen LogP contribution in [0.2, 0.25) is 0 Å². The van der Waals surface area contributed by atoms with Crippen molar-refractivity contribution < 1.29 is 8.42 Å². The molecule has 0 aliphatic carbocycles. The molecule has 2 aromatic heterocycles. The van der Waals surface area contributed by atoms with Gasteiger partial charge in [-0.15, -0.1) is 15.7 Å². The van der Waals surface area contributed by atoms with Crippen molar-refractivity contribution in [1.29, 1.82) is 0 Å². The summed E-state index contributed by atoms with van der Waals surface area (Å²) in [6.07, 6.45) is 0.